The Hall–Kier alpha value is -2.19. The molecule has 29 heavy (non-hydrogen) atoms. The molecule has 1 aromatic rings. The summed E-state index contributed by atoms with van der Waals surface area (Å²) in [6.45, 7) is 3.56. The fraction of sp³-hybridized carbons (Fsp3) is 0.550. The Balaban J connectivity index is 0.00000300. The molecule has 1 unspecified atom stereocenters. The Morgan fingerprint density at radius 1 is 1.21 bits per heavy atom. The number of hydrogen-bond acceptors (Lipinski definition) is 4. The maximum atomic E-state index is 12.9. The fourth-order valence-electron chi connectivity index (χ4n) is 3.75. The van der Waals surface area contributed by atoms with E-state index in [0.717, 1.165) is 25.9 Å². The van der Waals surface area contributed by atoms with Crippen LogP contribution in [0.1, 0.15) is 36.0 Å². The van der Waals surface area contributed by atoms with Gasteiger partial charge in [0.15, 0.2) is 0 Å². The molecule has 2 aliphatic rings. The first-order valence-electron chi connectivity index (χ1n) is 9.86. The highest BCUT2D eigenvalue weighted by atomic mass is 35.5. The van der Waals surface area contributed by atoms with Gasteiger partial charge in [-0.3, -0.25) is 14.4 Å². The van der Waals surface area contributed by atoms with Crippen LogP contribution in [0.4, 0.5) is 4.39 Å². The number of amides is 3. The van der Waals surface area contributed by atoms with Gasteiger partial charge in [0.1, 0.15) is 5.82 Å². The van der Waals surface area contributed by atoms with Crippen LogP contribution >= 0.6 is 12.4 Å². The molecule has 0 spiro atoms. The Bertz CT molecular complexity index is 716. The minimum atomic E-state index is -0.385. The first-order valence-corrected chi connectivity index (χ1v) is 9.86. The molecule has 1 atom stereocenters. The summed E-state index contributed by atoms with van der Waals surface area (Å²) in [6.07, 6.45) is 2.73. The van der Waals surface area contributed by atoms with Gasteiger partial charge < -0.3 is 20.4 Å². The Labute approximate surface area is 176 Å². The molecule has 2 saturated heterocycles. The van der Waals surface area contributed by atoms with E-state index < -0.39 is 0 Å². The van der Waals surface area contributed by atoms with Gasteiger partial charge in [0.2, 0.25) is 11.8 Å². The number of nitrogens with zero attached hydrogens (tertiary/aromatic N) is 2. The lowest BCUT2D eigenvalue weighted by Crippen LogP contribution is -2.57. The van der Waals surface area contributed by atoms with Gasteiger partial charge in [0.05, 0.1) is 6.54 Å². The molecule has 3 amide bonds. The number of carbonyl (C=O) groups excluding carboxylic acids is 3. The van der Waals surface area contributed by atoms with Crippen molar-refractivity contribution in [3.8, 4) is 0 Å². The van der Waals surface area contributed by atoms with Crippen LogP contribution in [0, 0.1) is 5.82 Å². The molecule has 9 heteroatoms. The molecule has 0 aromatic heterocycles. The minimum absolute atomic E-state index is 0. The van der Waals surface area contributed by atoms with Crippen LogP contribution in [0.3, 0.4) is 0 Å². The predicted octanol–water partition coefficient (Wildman–Crippen LogP) is 1.18. The second-order valence-electron chi connectivity index (χ2n) is 7.27. The van der Waals surface area contributed by atoms with Gasteiger partial charge in [-0.25, -0.2) is 4.39 Å². The standard InChI is InChI=1S/C20H27FN4O3.ClH/c21-16-7-5-15(6-8-16)20(28)23-9-1-4-18(26)24-11-2-3-17(14-24)25-12-10-22-13-19(25)27;/h5-8,17,22H,1-4,9-14H2,(H,23,28);1H. The van der Waals surface area contributed by atoms with E-state index in [1.54, 1.807) is 0 Å². The van der Waals surface area contributed by atoms with Crippen LogP contribution in [0.25, 0.3) is 0 Å². The van der Waals surface area contributed by atoms with E-state index in [4.69, 9.17) is 0 Å². The molecule has 2 fully saturated rings. The van der Waals surface area contributed by atoms with E-state index in [9.17, 15) is 18.8 Å². The van der Waals surface area contributed by atoms with Crippen molar-refractivity contribution in [2.45, 2.75) is 31.7 Å². The van der Waals surface area contributed by atoms with Gasteiger partial charge in [-0.1, -0.05) is 0 Å². The quantitative estimate of drug-likeness (QED) is 0.669. The highest BCUT2D eigenvalue weighted by molar-refractivity contribution is 5.94. The van der Waals surface area contributed by atoms with Crippen LogP contribution in [0.15, 0.2) is 24.3 Å². The molecule has 2 heterocycles. The van der Waals surface area contributed by atoms with Crippen molar-refractivity contribution in [1.29, 1.82) is 0 Å². The van der Waals surface area contributed by atoms with Crippen LogP contribution < -0.4 is 10.6 Å². The molecule has 2 N–H and O–H groups in total. The Morgan fingerprint density at radius 2 is 1.97 bits per heavy atom. The number of likely N-dealkylation sites (tertiary alicyclic amines) is 1. The van der Waals surface area contributed by atoms with Crippen LogP contribution in [-0.2, 0) is 9.59 Å². The summed E-state index contributed by atoms with van der Waals surface area (Å²) in [5.74, 6) is -0.496. The summed E-state index contributed by atoms with van der Waals surface area (Å²) in [5.41, 5.74) is 0.396. The molecule has 0 bridgehead atoms. The molecular weight excluding hydrogens is 399 g/mol. The normalized spacial score (nSPS) is 19.5. The summed E-state index contributed by atoms with van der Waals surface area (Å²) in [4.78, 5) is 40.3. The number of piperidine rings is 1. The topological polar surface area (TPSA) is 81.8 Å². The third kappa shape index (κ3) is 6.40. The summed E-state index contributed by atoms with van der Waals surface area (Å²) in [5, 5.41) is 5.82. The lowest BCUT2D eigenvalue weighted by atomic mass is 10.0. The number of carbonyl (C=O) groups is 3. The minimum Gasteiger partial charge on any atom is -0.352 e. The van der Waals surface area contributed by atoms with Crippen LogP contribution in [0.5, 0.6) is 0 Å². The number of halogens is 2. The summed E-state index contributed by atoms with van der Waals surface area (Å²) >= 11 is 0. The van der Waals surface area contributed by atoms with Crippen molar-refractivity contribution < 1.29 is 18.8 Å². The van der Waals surface area contributed by atoms with Gasteiger partial charge in [-0.05, 0) is 43.5 Å². The van der Waals surface area contributed by atoms with Gasteiger partial charge in [-0.15, -0.1) is 12.4 Å². The van der Waals surface area contributed by atoms with Gasteiger partial charge in [0.25, 0.3) is 5.91 Å². The smallest absolute Gasteiger partial charge is 0.251 e. The van der Waals surface area contributed by atoms with Crippen LogP contribution in [-0.4, -0.2) is 72.8 Å². The molecule has 160 valence electrons. The zero-order chi connectivity index (χ0) is 19.9. The third-order valence-electron chi connectivity index (χ3n) is 5.28. The number of hydrogen-bond donors (Lipinski definition) is 2. The van der Waals surface area contributed by atoms with Gasteiger partial charge in [0, 0.05) is 50.7 Å². The van der Waals surface area contributed by atoms with Crippen molar-refractivity contribution >= 4 is 30.1 Å². The maximum absolute atomic E-state index is 12.9. The summed E-state index contributed by atoms with van der Waals surface area (Å²) < 4.78 is 12.9. The van der Waals surface area contributed by atoms with Crippen molar-refractivity contribution in [3.05, 3.63) is 35.6 Å². The molecule has 0 radical (unpaired) electrons. The largest absolute Gasteiger partial charge is 0.352 e. The maximum Gasteiger partial charge on any atom is 0.251 e. The Kier molecular flexibility index (Phi) is 8.85. The molecule has 7 nitrogen and oxygen atoms in total. The van der Waals surface area contributed by atoms with E-state index in [-0.39, 0.29) is 42.0 Å². The van der Waals surface area contributed by atoms with E-state index in [2.05, 4.69) is 10.6 Å². The third-order valence-corrected chi connectivity index (χ3v) is 5.28. The second kappa shape index (κ2) is 11.1. The van der Waals surface area contributed by atoms with Crippen molar-refractivity contribution in [1.82, 2.24) is 20.4 Å². The average Bonchev–Trinajstić information content (AvgIpc) is 2.72. The zero-order valence-electron chi connectivity index (χ0n) is 16.4. The van der Waals surface area contributed by atoms with Crippen LogP contribution in [0.2, 0.25) is 0 Å². The van der Waals surface area contributed by atoms with E-state index >= 15 is 0 Å². The van der Waals surface area contributed by atoms with E-state index in [1.165, 1.54) is 24.3 Å². The molecule has 3 rings (SSSR count). The first kappa shape index (κ1) is 23.1. The number of benzene rings is 1. The second-order valence-corrected chi connectivity index (χ2v) is 7.27. The van der Waals surface area contributed by atoms with Crippen molar-refractivity contribution in [3.63, 3.8) is 0 Å². The predicted molar refractivity (Wildman–Crippen MR) is 109 cm³/mol. The lowest BCUT2D eigenvalue weighted by Gasteiger charge is -2.41. The molecule has 2 aliphatic heterocycles. The lowest BCUT2D eigenvalue weighted by molar-refractivity contribution is -0.140. The zero-order valence-corrected chi connectivity index (χ0v) is 17.2. The first-order chi connectivity index (χ1) is 13.5. The SMILES string of the molecule is Cl.O=C(NCCCC(=O)N1CCCC(N2CCNCC2=O)C1)c1ccc(F)cc1. The molecule has 0 aliphatic carbocycles. The summed E-state index contributed by atoms with van der Waals surface area (Å²) in [6, 6.07) is 5.45. The fourth-order valence-corrected chi connectivity index (χ4v) is 3.75. The van der Waals surface area contributed by atoms with E-state index in [1.807, 2.05) is 9.80 Å². The molecule has 1 aromatic carbocycles. The Morgan fingerprint density at radius 3 is 2.69 bits per heavy atom. The monoisotopic (exact) mass is 426 g/mol. The molecule has 0 saturated carbocycles. The van der Waals surface area contributed by atoms with Crippen molar-refractivity contribution in [2.24, 2.45) is 0 Å². The van der Waals surface area contributed by atoms with Crippen molar-refractivity contribution in [2.75, 3.05) is 39.3 Å². The highest BCUT2D eigenvalue weighted by Crippen LogP contribution is 2.18. The van der Waals surface area contributed by atoms with E-state index in [0.29, 0.717) is 44.6 Å². The number of piperazine rings is 1. The number of nitrogens with one attached hydrogen (secondary N) is 2. The average molecular weight is 427 g/mol. The summed E-state index contributed by atoms with van der Waals surface area (Å²) in [7, 11) is 0. The number of rotatable bonds is 6. The van der Waals surface area contributed by atoms with Gasteiger partial charge >= 0.3 is 0 Å². The highest BCUT2D eigenvalue weighted by Gasteiger charge is 2.31. The van der Waals surface area contributed by atoms with Gasteiger partial charge in [-0.2, -0.15) is 0 Å². The molecular formula is C20H28ClFN4O3.